The molecule has 1 aromatic rings. The van der Waals surface area contributed by atoms with E-state index in [0.717, 1.165) is 16.4 Å². The highest BCUT2D eigenvalue weighted by molar-refractivity contribution is 7.89. The summed E-state index contributed by atoms with van der Waals surface area (Å²) in [5.41, 5.74) is 6.30. The Morgan fingerprint density at radius 3 is 2.56 bits per heavy atom. The standard InChI is InChI=1S/C11H17FN2O3S/c1-3-14(4-5-15)18(16,17)11-7-10(13)8(2)6-9(11)12/h6-7,15H,3-5,13H2,1-2H3. The number of rotatable bonds is 5. The third-order valence-electron chi connectivity index (χ3n) is 2.64. The zero-order chi connectivity index (χ0) is 13.9. The van der Waals surface area contributed by atoms with E-state index in [-0.39, 0.29) is 25.4 Å². The van der Waals surface area contributed by atoms with Crippen LogP contribution < -0.4 is 5.73 Å². The Balaban J connectivity index is 3.32. The van der Waals surface area contributed by atoms with E-state index in [1.54, 1.807) is 13.8 Å². The minimum Gasteiger partial charge on any atom is -0.398 e. The first-order valence-corrected chi connectivity index (χ1v) is 6.95. The number of hydrogen-bond donors (Lipinski definition) is 2. The SMILES string of the molecule is CCN(CCO)S(=O)(=O)c1cc(N)c(C)cc1F. The molecule has 1 aromatic carbocycles. The summed E-state index contributed by atoms with van der Waals surface area (Å²) in [5.74, 6) is -0.835. The average Bonchev–Trinajstić information content (AvgIpc) is 2.30. The summed E-state index contributed by atoms with van der Waals surface area (Å²) >= 11 is 0. The van der Waals surface area contributed by atoms with Crippen molar-refractivity contribution in [3.63, 3.8) is 0 Å². The number of nitrogens with two attached hydrogens (primary N) is 1. The van der Waals surface area contributed by atoms with Crippen LogP contribution in [0.5, 0.6) is 0 Å². The number of nitrogen functional groups attached to an aromatic ring is 1. The molecule has 0 saturated carbocycles. The highest BCUT2D eigenvalue weighted by Crippen LogP contribution is 2.24. The molecule has 0 heterocycles. The quantitative estimate of drug-likeness (QED) is 0.776. The molecule has 0 aliphatic rings. The first-order chi connectivity index (χ1) is 8.34. The van der Waals surface area contributed by atoms with Gasteiger partial charge in [0.05, 0.1) is 6.61 Å². The Morgan fingerprint density at radius 2 is 2.06 bits per heavy atom. The van der Waals surface area contributed by atoms with E-state index in [0.29, 0.717) is 5.56 Å². The molecule has 0 bridgehead atoms. The molecule has 1 rings (SSSR count). The van der Waals surface area contributed by atoms with Crippen molar-refractivity contribution >= 4 is 15.7 Å². The van der Waals surface area contributed by atoms with Crippen LogP contribution in [-0.2, 0) is 10.0 Å². The fraction of sp³-hybridized carbons (Fsp3) is 0.455. The van der Waals surface area contributed by atoms with Gasteiger partial charge >= 0.3 is 0 Å². The van der Waals surface area contributed by atoms with Gasteiger partial charge in [0.2, 0.25) is 10.0 Å². The van der Waals surface area contributed by atoms with Crippen LogP contribution in [0.15, 0.2) is 17.0 Å². The minimum absolute atomic E-state index is 0.0773. The van der Waals surface area contributed by atoms with Crippen LogP contribution in [0, 0.1) is 12.7 Å². The molecule has 0 fully saturated rings. The monoisotopic (exact) mass is 276 g/mol. The van der Waals surface area contributed by atoms with Gasteiger partial charge in [-0.3, -0.25) is 0 Å². The van der Waals surface area contributed by atoms with Gasteiger partial charge in [0, 0.05) is 18.8 Å². The topological polar surface area (TPSA) is 83.6 Å². The molecule has 0 spiro atoms. The molecule has 18 heavy (non-hydrogen) atoms. The van der Waals surface area contributed by atoms with Crippen molar-refractivity contribution in [2.45, 2.75) is 18.7 Å². The molecule has 0 aliphatic heterocycles. The van der Waals surface area contributed by atoms with Gasteiger partial charge in [0.15, 0.2) is 0 Å². The second-order valence-electron chi connectivity index (χ2n) is 3.86. The largest absolute Gasteiger partial charge is 0.398 e. The van der Waals surface area contributed by atoms with Crippen LogP contribution in [0.1, 0.15) is 12.5 Å². The molecule has 0 aromatic heterocycles. The molecule has 0 radical (unpaired) electrons. The van der Waals surface area contributed by atoms with Crippen LogP contribution in [0.2, 0.25) is 0 Å². The van der Waals surface area contributed by atoms with Crippen LogP contribution in [0.25, 0.3) is 0 Å². The van der Waals surface area contributed by atoms with Gasteiger partial charge in [-0.2, -0.15) is 4.31 Å². The fourth-order valence-electron chi connectivity index (χ4n) is 1.57. The maximum Gasteiger partial charge on any atom is 0.246 e. The number of aliphatic hydroxyl groups excluding tert-OH is 1. The van der Waals surface area contributed by atoms with Crippen molar-refractivity contribution in [1.82, 2.24) is 4.31 Å². The number of anilines is 1. The van der Waals surface area contributed by atoms with Crippen LogP contribution >= 0.6 is 0 Å². The van der Waals surface area contributed by atoms with Gasteiger partial charge < -0.3 is 10.8 Å². The summed E-state index contributed by atoms with van der Waals surface area (Å²) in [6.45, 7) is 2.96. The number of aliphatic hydroxyl groups is 1. The van der Waals surface area contributed by atoms with Crippen LogP contribution in [0.4, 0.5) is 10.1 Å². The van der Waals surface area contributed by atoms with Gasteiger partial charge in [-0.1, -0.05) is 6.92 Å². The lowest BCUT2D eigenvalue weighted by atomic mass is 10.2. The second-order valence-corrected chi connectivity index (χ2v) is 5.77. The van der Waals surface area contributed by atoms with Gasteiger partial charge in [-0.15, -0.1) is 0 Å². The maximum atomic E-state index is 13.7. The molecule has 0 atom stereocenters. The van der Waals surface area contributed by atoms with Crippen molar-refractivity contribution in [2.75, 3.05) is 25.4 Å². The molecule has 7 heteroatoms. The lowest BCUT2D eigenvalue weighted by Gasteiger charge is -2.20. The summed E-state index contributed by atoms with van der Waals surface area (Å²) in [6, 6.07) is 2.20. The molecule has 3 N–H and O–H groups in total. The molecule has 0 aliphatic carbocycles. The van der Waals surface area contributed by atoms with Gasteiger partial charge in [-0.25, -0.2) is 12.8 Å². The second kappa shape index (κ2) is 5.64. The third-order valence-corrected chi connectivity index (χ3v) is 4.63. The highest BCUT2D eigenvalue weighted by Gasteiger charge is 2.26. The number of hydrogen-bond acceptors (Lipinski definition) is 4. The van der Waals surface area contributed by atoms with Crippen LogP contribution in [-0.4, -0.2) is 37.5 Å². The van der Waals surface area contributed by atoms with Crippen molar-refractivity contribution in [1.29, 1.82) is 0 Å². The molecule has 0 amide bonds. The van der Waals surface area contributed by atoms with E-state index in [9.17, 15) is 12.8 Å². The number of sulfonamides is 1. The summed E-state index contributed by atoms with van der Waals surface area (Å²) < 4.78 is 39.1. The predicted octanol–water partition coefficient (Wildman–Crippen LogP) is 0.719. The molecular formula is C11H17FN2O3S. The van der Waals surface area contributed by atoms with Crippen molar-refractivity contribution < 1.29 is 17.9 Å². The van der Waals surface area contributed by atoms with Gasteiger partial charge in [-0.05, 0) is 24.6 Å². The van der Waals surface area contributed by atoms with E-state index < -0.39 is 20.7 Å². The van der Waals surface area contributed by atoms with Crippen molar-refractivity contribution in [2.24, 2.45) is 0 Å². The Morgan fingerprint density at radius 1 is 1.44 bits per heavy atom. The van der Waals surface area contributed by atoms with Gasteiger partial charge in [0.1, 0.15) is 10.7 Å². The zero-order valence-corrected chi connectivity index (χ0v) is 11.2. The molecule has 0 unspecified atom stereocenters. The molecule has 0 saturated heterocycles. The maximum absolute atomic E-state index is 13.7. The Bertz CT molecular complexity index is 531. The number of benzene rings is 1. The Labute approximate surface area is 106 Å². The van der Waals surface area contributed by atoms with Gasteiger partial charge in [0.25, 0.3) is 0 Å². The lowest BCUT2D eigenvalue weighted by molar-refractivity contribution is 0.256. The van der Waals surface area contributed by atoms with E-state index in [4.69, 9.17) is 10.8 Å². The van der Waals surface area contributed by atoms with Crippen molar-refractivity contribution in [3.8, 4) is 0 Å². The molecule has 5 nitrogen and oxygen atoms in total. The van der Waals surface area contributed by atoms with E-state index in [2.05, 4.69) is 0 Å². The fourth-order valence-corrected chi connectivity index (χ4v) is 3.09. The minimum atomic E-state index is -3.96. The van der Waals surface area contributed by atoms with E-state index in [1.165, 1.54) is 0 Å². The predicted molar refractivity (Wildman–Crippen MR) is 67.1 cm³/mol. The van der Waals surface area contributed by atoms with E-state index >= 15 is 0 Å². The number of halogens is 1. The van der Waals surface area contributed by atoms with E-state index in [1.807, 2.05) is 0 Å². The molecule has 102 valence electrons. The normalized spacial score (nSPS) is 12.1. The Kier molecular flexibility index (Phi) is 4.66. The van der Waals surface area contributed by atoms with Crippen LogP contribution in [0.3, 0.4) is 0 Å². The summed E-state index contributed by atoms with van der Waals surface area (Å²) in [7, 11) is -3.96. The first-order valence-electron chi connectivity index (χ1n) is 5.51. The van der Waals surface area contributed by atoms with Crippen molar-refractivity contribution in [3.05, 3.63) is 23.5 Å². The summed E-state index contributed by atoms with van der Waals surface area (Å²) in [5, 5.41) is 8.82. The first kappa shape index (κ1) is 14.9. The summed E-state index contributed by atoms with van der Waals surface area (Å²) in [6.07, 6.45) is 0. The average molecular weight is 276 g/mol. The highest BCUT2D eigenvalue weighted by atomic mass is 32.2. The Hall–Kier alpha value is -1.18. The number of aryl methyl sites for hydroxylation is 1. The zero-order valence-electron chi connectivity index (χ0n) is 10.4. The number of nitrogens with zero attached hydrogens (tertiary/aromatic N) is 1. The lowest BCUT2D eigenvalue weighted by Crippen LogP contribution is -2.34. The molecular weight excluding hydrogens is 259 g/mol. The third kappa shape index (κ3) is 2.80. The number of likely N-dealkylation sites (N-methyl/N-ethyl adjacent to an activating group) is 1. The smallest absolute Gasteiger partial charge is 0.246 e. The summed E-state index contributed by atoms with van der Waals surface area (Å²) in [4.78, 5) is -0.457.